The van der Waals surface area contributed by atoms with E-state index in [4.69, 9.17) is 5.21 Å². The molecule has 1 aromatic carbocycles. The zero-order valence-corrected chi connectivity index (χ0v) is 11.8. The summed E-state index contributed by atoms with van der Waals surface area (Å²) in [5, 5.41) is 8.84. The fourth-order valence-corrected chi connectivity index (χ4v) is 1.71. The number of aromatic nitrogens is 2. The van der Waals surface area contributed by atoms with Gasteiger partial charge in [-0.15, -0.1) is 0 Å². The third-order valence-electron chi connectivity index (χ3n) is 2.58. The number of hydrogen-bond donors (Lipinski definition) is 1. The molecule has 1 aromatic heterocycles. The Hall–Kier alpha value is -1.86. The first-order chi connectivity index (χ1) is 8.71. The molecule has 1 heterocycles. The fraction of sp³-hybridized carbons (Fsp3) is 0.250. The predicted octanol–water partition coefficient (Wildman–Crippen LogP) is 0.757. The second-order valence-corrected chi connectivity index (χ2v) is 5.45. The molecule has 6 nitrogen and oxygen atoms in total. The smallest absolute Gasteiger partial charge is 0.292 e. The van der Waals surface area contributed by atoms with Gasteiger partial charge < -0.3 is 9.76 Å². The van der Waals surface area contributed by atoms with Crippen LogP contribution in [0.2, 0.25) is 0 Å². The summed E-state index contributed by atoms with van der Waals surface area (Å²) in [5.74, 6) is 0.824. The maximum Gasteiger partial charge on any atom is 0.292 e. The third kappa shape index (κ3) is 4.38. The van der Waals surface area contributed by atoms with Gasteiger partial charge in [0.05, 0.1) is 11.9 Å². The van der Waals surface area contributed by atoms with Crippen molar-refractivity contribution in [3.63, 3.8) is 0 Å². The van der Waals surface area contributed by atoms with Crippen molar-refractivity contribution in [2.45, 2.75) is 18.7 Å². The van der Waals surface area contributed by atoms with Crippen LogP contribution >= 0.6 is 0 Å². The fourth-order valence-electron chi connectivity index (χ4n) is 1.25. The molecule has 0 bridgehead atoms. The maximum atomic E-state index is 10.4. The van der Waals surface area contributed by atoms with E-state index < -0.39 is 10.1 Å². The highest BCUT2D eigenvalue weighted by Crippen LogP contribution is 2.08. The minimum atomic E-state index is -4.27. The van der Waals surface area contributed by atoms with Gasteiger partial charge in [0.25, 0.3) is 5.82 Å². The number of rotatable bonds is 1. The van der Waals surface area contributed by atoms with E-state index in [9.17, 15) is 13.0 Å². The van der Waals surface area contributed by atoms with E-state index in [0.717, 1.165) is 16.1 Å². The van der Waals surface area contributed by atoms with Gasteiger partial charge in [-0.3, -0.25) is 0 Å². The molecular weight excluding hydrogens is 268 g/mol. The number of imidazole rings is 1. The van der Waals surface area contributed by atoms with Crippen molar-refractivity contribution in [2.24, 2.45) is 7.05 Å². The third-order valence-corrected chi connectivity index (χ3v) is 3.43. The highest BCUT2D eigenvalue weighted by molar-refractivity contribution is 7.85. The lowest BCUT2D eigenvalue weighted by atomic mass is 10.2. The van der Waals surface area contributed by atoms with Crippen LogP contribution < -0.4 is 4.57 Å². The van der Waals surface area contributed by atoms with Crippen LogP contribution in [-0.4, -0.2) is 22.9 Å². The van der Waals surface area contributed by atoms with E-state index in [1.54, 1.807) is 24.5 Å². The monoisotopic (exact) mass is 284 g/mol. The standard InChI is InChI=1S/C7H8O3S.C5H9N2O/c1-6-2-4-7(5-3-6)11(8,9)10;1-5-6(2)3-4-7(5)8/h2-5H,1H3,(H,8,9,10);3-4,8H,1-2H3/q;+1/p-1. The molecule has 2 rings (SSSR count). The largest absolute Gasteiger partial charge is 0.744 e. The van der Waals surface area contributed by atoms with E-state index in [0.29, 0.717) is 0 Å². The van der Waals surface area contributed by atoms with Gasteiger partial charge in [-0.25, -0.2) is 13.0 Å². The van der Waals surface area contributed by atoms with Gasteiger partial charge in [-0.05, 0) is 19.1 Å². The van der Waals surface area contributed by atoms with E-state index in [1.807, 2.05) is 25.5 Å². The van der Waals surface area contributed by atoms with E-state index >= 15 is 0 Å². The van der Waals surface area contributed by atoms with E-state index in [1.165, 1.54) is 12.1 Å². The van der Waals surface area contributed by atoms with Crippen LogP contribution in [0.1, 0.15) is 11.4 Å². The number of hydrogen-bond acceptors (Lipinski definition) is 4. The van der Waals surface area contributed by atoms with Crippen molar-refractivity contribution < 1.29 is 22.7 Å². The summed E-state index contributed by atoms with van der Waals surface area (Å²) in [6, 6.07) is 5.78. The topological polar surface area (TPSA) is 86.2 Å². The molecule has 19 heavy (non-hydrogen) atoms. The Labute approximate surface area is 112 Å². The molecule has 0 radical (unpaired) electrons. The molecule has 0 amide bonds. The Morgan fingerprint density at radius 3 is 2.00 bits per heavy atom. The van der Waals surface area contributed by atoms with Crippen molar-refractivity contribution in [2.75, 3.05) is 0 Å². The molecule has 0 aliphatic carbocycles. The van der Waals surface area contributed by atoms with Gasteiger partial charge in [0, 0.05) is 6.92 Å². The highest BCUT2D eigenvalue weighted by Gasteiger charge is 2.04. The molecule has 104 valence electrons. The van der Waals surface area contributed by atoms with Crippen molar-refractivity contribution in [3.05, 3.63) is 48.0 Å². The van der Waals surface area contributed by atoms with Crippen LogP contribution in [0, 0.1) is 13.8 Å². The quantitative estimate of drug-likeness (QED) is 0.476. The summed E-state index contributed by atoms with van der Waals surface area (Å²) >= 11 is 0. The molecule has 0 fully saturated rings. The van der Waals surface area contributed by atoms with E-state index in [2.05, 4.69) is 0 Å². The maximum absolute atomic E-state index is 10.4. The van der Waals surface area contributed by atoms with Gasteiger partial charge in [-0.1, -0.05) is 22.4 Å². The van der Waals surface area contributed by atoms with E-state index in [-0.39, 0.29) is 4.90 Å². The normalized spacial score (nSPS) is 10.7. The lowest BCUT2D eigenvalue weighted by Gasteiger charge is -2.05. The van der Waals surface area contributed by atoms with Crippen LogP contribution in [0.15, 0.2) is 41.6 Å². The summed E-state index contributed by atoms with van der Waals surface area (Å²) in [6.07, 6.45) is 3.38. The summed E-state index contributed by atoms with van der Waals surface area (Å²) in [5.41, 5.74) is 0.928. The molecule has 2 aromatic rings. The lowest BCUT2D eigenvalue weighted by molar-refractivity contribution is -0.678. The summed E-state index contributed by atoms with van der Waals surface area (Å²) < 4.78 is 34.1. The Balaban J connectivity index is 0.000000200. The number of nitrogens with zero attached hydrogens (tertiary/aromatic N) is 2. The first kappa shape index (κ1) is 15.2. The van der Waals surface area contributed by atoms with Gasteiger partial charge in [0.2, 0.25) is 0 Å². The van der Waals surface area contributed by atoms with Gasteiger partial charge in [0.1, 0.15) is 16.3 Å². The minimum Gasteiger partial charge on any atom is -0.744 e. The van der Waals surface area contributed by atoms with Crippen molar-refractivity contribution in [1.29, 1.82) is 0 Å². The second kappa shape index (κ2) is 5.85. The Bertz CT molecular complexity index is 625. The first-order valence-corrected chi connectivity index (χ1v) is 6.88. The second-order valence-electron chi connectivity index (χ2n) is 4.07. The highest BCUT2D eigenvalue weighted by atomic mass is 32.2. The lowest BCUT2D eigenvalue weighted by Crippen LogP contribution is -2.29. The molecule has 0 saturated carbocycles. The molecule has 0 spiro atoms. The van der Waals surface area contributed by atoms with Crippen molar-refractivity contribution in [1.82, 2.24) is 4.73 Å². The predicted molar refractivity (Wildman–Crippen MR) is 66.7 cm³/mol. The summed E-state index contributed by atoms with van der Waals surface area (Å²) in [4.78, 5) is -0.178. The molecule has 7 heteroatoms. The molecular formula is C12H16N2O4S. The van der Waals surface area contributed by atoms with Gasteiger partial charge >= 0.3 is 0 Å². The average Bonchev–Trinajstić information content (AvgIpc) is 2.61. The van der Waals surface area contributed by atoms with Crippen LogP contribution in [0.25, 0.3) is 0 Å². The minimum absolute atomic E-state index is 0.178. The zero-order valence-electron chi connectivity index (χ0n) is 10.9. The molecule has 0 aliphatic rings. The number of benzene rings is 1. The molecule has 1 N–H and O–H groups in total. The van der Waals surface area contributed by atoms with Gasteiger partial charge in [0.15, 0.2) is 6.20 Å². The summed E-state index contributed by atoms with van der Waals surface area (Å²) in [7, 11) is -2.39. The Morgan fingerprint density at radius 2 is 1.74 bits per heavy atom. The van der Waals surface area contributed by atoms with Crippen LogP contribution in [0.3, 0.4) is 0 Å². The Morgan fingerprint density at radius 1 is 1.21 bits per heavy atom. The van der Waals surface area contributed by atoms with Gasteiger partial charge in [-0.2, -0.15) is 0 Å². The molecule has 0 unspecified atom stereocenters. The average molecular weight is 284 g/mol. The van der Waals surface area contributed by atoms with Crippen molar-refractivity contribution in [3.8, 4) is 0 Å². The van der Waals surface area contributed by atoms with Crippen molar-refractivity contribution >= 4 is 10.1 Å². The van der Waals surface area contributed by atoms with Crippen LogP contribution in [0.4, 0.5) is 0 Å². The number of aryl methyl sites for hydroxylation is 2. The van der Waals surface area contributed by atoms with Crippen LogP contribution in [-0.2, 0) is 17.2 Å². The zero-order chi connectivity index (χ0) is 14.6. The Kier molecular flexibility index (Phi) is 4.68. The SMILES string of the molecule is Cc1ccc(S(=O)(=O)[O-])cc1.Cc1n(O)cc[n+]1C. The molecule has 0 atom stereocenters. The molecule has 0 saturated heterocycles. The first-order valence-electron chi connectivity index (χ1n) is 5.47. The summed E-state index contributed by atoms with van der Waals surface area (Å²) in [6.45, 7) is 3.65. The van der Waals surface area contributed by atoms with Crippen LogP contribution in [0.5, 0.6) is 0 Å². The molecule has 0 aliphatic heterocycles.